The number of aromatic nitrogens is 1. The molecule has 2 rings (SSSR count). The van der Waals surface area contributed by atoms with E-state index in [0.717, 1.165) is 5.06 Å². The molecule has 2 aromatic rings. The lowest BCUT2D eigenvalue weighted by Gasteiger charge is -2.16. The van der Waals surface area contributed by atoms with Gasteiger partial charge in [0.25, 0.3) is 5.91 Å². The average molecular weight is 414 g/mol. The zero-order chi connectivity index (χ0) is 18.6. The Morgan fingerprint density at radius 2 is 2.12 bits per heavy atom. The van der Waals surface area contributed by atoms with Crippen molar-refractivity contribution in [3.8, 4) is 0 Å². The second-order valence-corrected chi connectivity index (χ2v) is 6.05. The summed E-state index contributed by atoms with van der Waals surface area (Å²) in [7, 11) is 1.38. The lowest BCUT2D eigenvalue weighted by atomic mass is 10.2. The number of aromatic amines is 1. The number of rotatable bonds is 7. The molecular formula is C16H17BrFN3O4. The number of H-pyrrole nitrogens is 1. The van der Waals surface area contributed by atoms with Gasteiger partial charge in [-0.1, -0.05) is 15.9 Å². The summed E-state index contributed by atoms with van der Waals surface area (Å²) < 4.78 is 14.6. The van der Waals surface area contributed by atoms with Crippen LogP contribution in [0.3, 0.4) is 0 Å². The fraction of sp³-hybridized carbons (Fsp3) is 0.250. The number of aliphatic hydroxyl groups is 1. The summed E-state index contributed by atoms with van der Waals surface area (Å²) in [5.41, 5.74) is 0.431. The molecule has 1 aromatic carbocycles. The van der Waals surface area contributed by atoms with Gasteiger partial charge in [0.15, 0.2) is 5.78 Å². The first kappa shape index (κ1) is 19.1. The van der Waals surface area contributed by atoms with Crippen molar-refractivity contribution in [3.63, 3.8) is 0 Å². The standard InChI is InChI=1S/C16H17BrFN3O4/c1-9(23)14-8-11(16(24)21(2)25-6-5-22)15(20-14)19-13-4-3-10(17)7-12(13)18/h3-4,7-8,19-20,22H,5-6H2,1-2H3. The Bertz CT molecular complexity index is 794. The van der Waals surface area contributed by atoms with E-state index in [4.69, 9.17) is 9.94 Å². The predicted octanol–water partition coefficient (Wildman–Crippen LogP) is 2.86. The minimum Gasteiger partial charge on any atom is -0.394 e. The Kier molecular flexibility index (Phi) is 6.29. The summed E-state index contributed by atoms with van der Waals surface area (Å²) in [6.07, 6.45) is 0. The van der Waals surface area contributed by atoms with E-state index in [1.807, 2.05) is 0 Å². The van der Waals surface area contributed by atoms with Crippen LogP contribution in [-0.2, 0) is 4.84 Å². The van der Waals surface area contributed by atoms with Gasteiger partial charge in [0.1, 0.15) is 11.6 Å². The smallest absolute Gasteiger partial charge is 0.280 e. The molecule has 7 nitrogen and oxygen atoms in total. The highest BCUT2D eigenvalue weighted by molar-refractivity contribution is 9.10. The van der Waals surface area contributed by atoms with Gasteiger partial charge in [0.2, 0.25) is 0 Å². The number of benzene rings is 1. The number of hydroxylamine groups is 2. The highest BCUT2D eigenvalue weighted by atomic mass is 79.9. The second-order valence-electron chi connectivity index (χ2n) is 5.14. The molecule has 9 heteroatoms. The first-order valence-electron chi connectivity index (χ1n) is 7.31. The molecule has 0 atom stereocenters. The number of hydrogen-bond donors (Lipinski definition) is 3. The molecule has 0 saturated carbocycles. The molecular weight excluding hydrogens is 397 g/mol. The van der Waals surface area contributed by atoms with Crippen molar-refractivity contribution in [2.24, 2.45) is 0 Å². The van der Waals surface area contributed by atoms with Crippen molar-refractivity contribution in [1.29, 1.82) is 0 Å². The minimum atomic E-state index is -0.558. The number of hydrogen-bond acceptors (Lipinski definition) is 5. The molecule has 1 aromatic heterocycles. The van der Waals surface area contributed by atoms with Gasteiger partial charge in [-0.3, -0.25) is 14.4 Å². The van der Waals surface area contributed by atoms with Crippen LogP contribution in [-0.4, -0.2) is 47.1 Å². The molecule has 0 aliphatic heterocycles. The lowest BCUT2D eigenvalue weighted by Crippen LogP contribution is -2.28. The van der Waals surface area contributed by atoms with Crippen molar-refractivity contribution < 1.29 is 23.9 Å². The first-order chi connectivity index (χ1) is 11.8. The number of carbonyl (C=O) groups excluding carboxylic acids is 2. The van der Waals surface area contributed by atoms with E-state index in [0.29, 0.717) is 4.47 Å². The minimum absolute atomic E-state index is 0.0592. The van der Waals surface area contributed by atoms with Crippen LogP contribution in [0.4, 0.5) is 15.9 Å². The summed E-state index contributed by atoms with van der Waals surface area (Å²) in [6.45, 7) is 1.03. The second kappa shape index (κ2) is 8.24. The summed E-state index contributed by atoms with van der Waals surface area (Å²) in [4.78, 5) is 31.9. The molecule has 0 unspecified atom stereocenters. The van der Waals surface area contributed by atoms with Gasteiger partial charge in [-0.2, -0.15) is 0 Å². The number of nitrogens with one attached hydrogen (secondary N) is 2. The Labute approximate surface area is 151 Å². The maximum atomic E-state index is 14.0. The third-order valence-corrected chi connectivity index (χ3v) is 3.77. The predicted molar refractivity (Wildman–Crippen MR) is 93.3 cm³/mol. The van der Waals surface area contributed by atoms with Crippen LogP contribution in [0.1, 0.15) is 27.8 Å². The van der Waals surface area contributed by atoms with Gasteiger partial charge >= 0.3 is 0 Å². The highest BCUT2D eigenvalue weighted by Gasteiger charge is 2.22. The monoisotopic (exact) mass is 413 g/mol. The zero-order valence-corrected chi connectivity index (χ0v) is 15.2. The first-order valence-corrected chi connectivity index (χ1v) is 8.10. The molecule has 0 aliphatic rings. The van der Waals surface area contributed by atoms with Crippen molar-refractivity contribution in [3.05, 3.63) is 45.8 Å². The van der Waals surface area contributed by atoms with Crippen LogP contribution in [0.15, 0.2) is 28.7 Å². The Morgan fingerprint density at radius 3 is 2.72 bits per heavy atom. The number of amides is 1. The summed E-state index contributed by atoms with van der Waals surface area (Å²) in [5, 5.41) is 12.5. The fourth-order valence-electron chi connectivity index (χ4n) is 2.04. The molecule has 0 aliphatic carbocycles. The molecule has 0 saturated heterocycles. The molecule has 134 valence electrons. The number of Topliss-reactive ketones (excluding diaryl/α,β-unsaturated/α-hetero) is 1. The number of halogens is 2. The SMILES string of the molecule is CC(=O)c1cc(C(=O)N(C)OCCO)c(Nc2ccc(Br)cc2F)[nH]1. The topological polar surface area (TPSA) is 94.7 Å². The molecule has 0 radical (unpaired) electrons. The Balaban J connectivity index is 2.35. The number of ketones is 1. The van der Waals surface area contributed by atoms with E-state index >= 15 is 0 Å². The van der Waals surface area contributed by atoms with E-state index in [2.05, 4.69) is 26.2 Å². The average Bonchev–Trinajstić information content (AvgIpc) is 2.98. The van der Waals surface area contributed by atoms with Crippen molar-refractivity contribution in [1.82, 2.24) is 10.0 Å². The highest BCUT2D eigenvalue weighted by Crippen LogP contribution is 2.26. The molecule has 1 amide bonds. The van der Waals surface area contributed by atoms with E-state index < -0.39 is 11.7 Å². The normalized spacial score (nSPS) is 10.6. The van der Waals surface area contributed by atoms with Crippen molar-refractivity contribution in [2.75, 3.05) is 25.6 Å². The van der Waals surface area contributed by atoms with E-state index in [9.17, 15) is 14.0 Å². The van der Waals surface area contributed by atoms with Crippen LogP contribution < -0.4 is 5.32 Å². The molecule has 1 heterocycles. The van der Waals surface area contributed by atoms with Gasteiger partial charge in [-0.25, -0.2) is 9.45 Å². The summed E-state index contributed by atoms with van der Waals surface area (Å²) in [5.74, 6) is -1.21. The number of anilines is 2. The molecule has 0 bridgehead atoms. The van der Waals surface area contributed by atoms with Crippen LogP contribution in [0.25, 0.3) is 0 Å². The van der Waals surface area contributed by atoms with E-state index in [1.165, 1.54) is 32.2 Å². The third kappa shape index (κ3) is 4.65. The molecule has 3 N–H and O–H groups in total. The maximum Gasteiger partial charge on any atom is 0.280 e. The van der Waals surface area contributed by atoms with Gasteiger partial charge < -0.3 is 15.4 Å². The Morgan fingerprint density at radius 1 is 1.40 bits per heavy atom. The molecule has 0 spiro atoms. The number of carbonyl (C=O) groups is 2. The molecule has 25 heavy (non-hydrogen) atoms. The van der Waals surface area contributed by atoms with E-state index in [1.54, 1.807) is 6.07 Å². The van der Waals surface area contributed by atoms with Crippen molar-refractivity contribution >= 4 is 39.1 Å². The van der Waals surface area contributed by atoms with Crippen LogP contribution in [0.2, 0.25) is 0 Å². The summed E-state index contributed by atoms with van der Waals surface area (Å²) in [6, 6.07) is 5.77. The lowest BCUT2D eigenvalue weighted by molar-refractivity contribution is -0.114. The van der Waals surface area contributed by atoms with Gasteiger partial charge in [-0.05, 0) is 24.3 Å². The van der Waals surface area contributed by atoms with Crippen LogP contribution in [0.5, 0.6) is 0 Å². The zero-order valence-electron chi connectivity index (χ0n) is 13.6. The number of nitrogens with zero attached hydrogens (tertiary/aromatic N) is 1. The fourth-order valence-corrected chi connectivity index (χ4v) is 2.38. The maximum absolute atomic E-state index is 14.0. The van der Waals surface area contributed by atoms with Crippen molar-refractivity contribution in [2.45, 2.75) is 6.92 Å². The van der Waals surface area contributed by atoms with Crippen LogP contribution >= 0.6 is 15.9 Å². The largest absolute Gasteiger partial charge is 0.394 e. The quantitative estimate of drug-likeness (QED) is 0.479. The van der Waals surface area contributed by atoms with Crippen LogP contribution in [0, 0.1) is 5.82 Å². The van der Waals surface area contributed by atoms with E-state index in [-0.39, 0.29) is 41.8 Å². The van der Waals surface area contributed by atoms with Gasteiger partial charge in [0.05, 0.1) is 30.2 Å². The van der Waals surface area contributed by atoms with Gasteiger partial charge in [-0.15, -0.1) is 0 Å². The van der Waals surface area contributed by atoms with Gasteiger partial charge in [0, 0.05) is 18.4 Å². The Hall–Kier alpha value is -2.23. The summed E-state index contributed by atoms with van der Waals surface area (Å²) >= 11 is 3.17. The molecule has 0 fully saturated rings. The third-order valence-electron chi connectivity index (χ3n) is 3.28. The number of aliphatic hydroxyl groups excluding tert-OH is 1.